The number of esters is 1. The number of fused-ring (bicyclic) bond motifs is 7. The third-order valence-electron chi connectivity index (χ3n) is 15.6. The number of aldehydes is 1. The van der Waals surface area contributed by atoms with Crippen LogP contribution in [0.25, 0.3) is 0 Å². The van der Waals surface area contributed by atoms with Crippen molar-refractivity contribution in [3.63, 3.8) is 0 Å². The number of carbonyl (C=O) groups is 4. The number of nitrogens with one attached hydrogen (secondary N) is 1. The largest absolute Gasteiger partial charge is 0.462 e. The summed E-state index contributed by atoms with van der Waals surface area (Å²) in [6.07, 6.45) is 20.1. The molecule has 6 rings (SSSR count). The first kappa shape index (κ1) is 37.5. The second-order valence-corrected chi connectivity index (χ2v) is 19.9. The molecule has 6 aliphatic rings. The zero-order chi connectivity index (χ0) is 36.3. The Bertz CT molecular complexity index is 1410. The molecule has 5 saturated carbocycles. The second kappa shape index (κ2) is 13.6. The molecular weight excluding hydrogens is 622 g/mol. The van der Waals surface area contributed by atoms with E-state index >= 15 is 0 Å². The topological polar surface area (TPSA) is 89.5 Å². The van der Waals surface area contributed by atoms with Gasteiger partial charge in [-0.1, -0.05) is 80.7 Å². The number of amides is 1. The molecule has 0 radical (unpaired) electrons. The molecule has 0 heterocycles. The summed E-state index contributed by atoms with van der Waals surface area (Å²) in [5.74, 6) is 2.76. The Balaban J connectivity index is 1.22. The number of allylic oxidation sites excluding steroid dienone is 3. The number of hydrogen-bond acceptors (Lipinski definition) is 5. The molecule has 6 nitrogen and oxygen atoms in total. The van der Waals surface area contributed by atoms with Crippen LogP contribution in [0.2, 0.25) is 0 Å². The lowest BCUT2D eigenvalue weighted by Gasteiger charge is -2.68. The maximum absolute atomic E-state index is 13.9. The summed E-state index contributed by atoms with van der Waals surface area (Å²) in [7, 11) is 0. The zero-order valence-electron chi connectivity index (χ0n) is 32.6. The minimum atomic E-state index is -0.710. The summed E-state index contributed by atoms with van der Waals surface area (Å²) in [6, 6.07) is 0. The summed E-state index contributed by atoms with van der Waals surface area (Å²) >= 11 is 0. The molecule has 0 aromatic heterocycles. The maximum atomic E-state index is 13.9. The van der Waals surface area contributed by atoms with Crippen LogP contribution in [0.3, 0.4) is 0 Å². The molecule has 6 heteroatoms. The van der Waals surface area contributed by atoms with E-state index in [0.29, 0.717) is 41.8 Å². The molecule has 0 aromatic rings. The predicted octanol–water partition coefficient (Wildman–Crippen LogP) is 9.36. The Morgan fingerprint density at radius 3 is 2.28 bits per heavy atom. The number of carbonyl (C=O) groups excluding carboxylic acids is 4. The van der Waals surface area contributed by atoms with Gasteiger partial charge in [-0.25, -0.2) is 0 Å². The van der Waals surface area contributed by atoms with Gasteiger partial charge in [0.05, 0.1) is 6.42 Å². The first-order valence-electron chi connectivity index (χ1n) is 20.4. The van der Waals surface area contributed by atoms with Crippen LogP contribution in [0.4, 0.5) is 0 Å². The van der Waals surface area contributed by atoms with Crippen molar-refractivity contribution in [3.8, 4) is 0 Å². The first-order valence-corrected chi connectivity index (χ1v) is 20.4. The van der Waals surface area contributed by atoms with E-state index in [1.54, 1.807) is 19.9 Å². The molecule has 278 valence electrons. The lowest BCUT2D eigenvalue weighted by Crippen LogP contribution is -2.63. The van der Waals surface area contributed by atoms with E-state index in [0.717, 1.165) is 69.8 Å². The van der Waals surface area contributed by atoms with Crippen molar-refractivity contribution in [2.45, 2.75) is 158 Å². The number of Topliss-reactive ketones (excluding diaryl/α,β-unsaturated/α-hetero) is 1. The SMILES string of the molecule is CC(C)C1=C2C3CCC4C(C)(CCC5C(C)(C)C(OC(=O)CC(C)(C)C=O)CCC54C)C3CCC2(/C=C/C(=O)NCC2CCCCC2)CC1=O. The summed E-state index contributed by atoms with van der Waals surface area (Å²) < 4.78 is 6.20. The molecule has 0 spiro atoms. The van der Waals surface area contributed by atoms with E-state index in [1.165, 1.54) is 37.7 Å². The average Bonchev–Trinajstić information content (AvgIpc) is 3.37. The lowest BCUT2D eigenvalue weighted by atomic mass is 9.36. The fourth-order valence-corrected chi connectivity index (χ4v) is 13.3. The zero-order valence-corrected chi connectivity index (χ0v) is 32.6. The molecule has 5 fully saturated rings. The maximum Gasteiger partial charge on any atom is 0.307 e. The van der Waals surface area contributed by atoms with Gasteiger partial charge < -0.3 is 14.8 Å². The highest BCUT2D eigenvalue weighted by Gasteiger charge is 2.66. The van der Waals surface area contributed by atoms with Gasteiger partial charge in [0.15, 0.2) is 5.78 Å². The molecular formula is C44H67NO5. The highest BCUT2D eigenvalue weighted by Crippen LogP contribution is 2.73. The van der Waals surface area contributed by atoms with Gasteiger partial charge in [0.2, 0.25) is 5.91 Å². The van der Waals surface area contributed by atoms with Gasteiger partial charge in [0.1, 0.15) is 12.4 Å². The van der Waals surface area contributed by atoms with E-state index < -0.39 is 5.41 Å². The normalized spacial score (nSPS) is 38.7. The molecule has 0 bridgehead atoms. The van der Waals surface area contributed by atoms with Crippen LogP contribution in [0.1, 0.15) is 152 Å². The number of ether oxygens (including phenoxy) is 1. The minimum Gasteiger partial charge on any atom is -0.462 e. The van der Waals surface area contributed by atoms with Gasteiger partial charge >= 0.3 is 5.97 Å². The van der Waals surface area contributed by atoms with Gasteiger partial charge in [0, 0.05) is 29.2 Å². The van der Waals surface area contributed by atoms with Crippen molar-refractivity contribution in [1.29, 1.82) is 0 Å². The Kier molecular flexibility index (Phi) is 10.2. The standard InChI is InChI=1S/C44H67NO5/c1-28(2)38-32(47)24-44(23-19-36(48)45-26-29-12-10-9-11-13-29)22-16-31-30(39(38)44)14-15-34-42(31,7)20-17-33-41(5,6)35(18-21-43(33,34)8)50-37(49)25-40(3,4)27-46/h19,23,27-31,33-35H,9-18,20-22,24-26H2,1-8H3,(H,45,48)/b23-19+. The van der Waals surface area contributed by atoms with Crippen molar-refractivity contribution in [3.05, 3.63) is 23.3 Å². The van der Waals surface area contributed by atoms with Crippen LogP contribution in [-0.2, 0) is 23.9 Å². The van der Waals surface area contributed by atoms with Crippen molar-refractivity contribution in [1.82, 2.24) is 5.32 Å². The van der Waals surface area contributed by atoms with Gasteiger partial charge in [-0.05, 0) is 128 Å². The smallest absolute Gasteiger partial charge is 0.307 e. The summed E-state index contributed by atoms with van der Waals surface area (Å²) in [6.45, 7) is 18.5. The lowest BCUT2D eigenvalue weighted by molar-refractivity contribution is -0.213. The molecule has 0 saturated heterocycles. The molecule has 8 atom stereocenters. The Morgan fingerprint density at radius 2 is 1.60 bits per heavy atom. The number of rotatable bonds is 9. The summed E-state index contributed by atoms with van der Waals surface area (Å²) in [5, 5.41) is 3.21. The van der Waals surface area contributed by atoms with Crippen LogP contribution < -0.4 is 5.32 Å². The van der Waals surface area contributed by atoms with Gasteiger partial charge in [-0.3, -0.25) is 14.4 Å². The van der Waals surface area contributed by atoms with Crippen molar-refractivity contribution >= 4 is 23.9 Å². The van der Waals surface area contributed by atoms with Crippen molar-refractivity contribution < 1.29 is 23.9 Å². The third-order valence-corrected chi connectivity index (χ3v) is 15.6. The van der Waals surface area contributed by atoms with E-state index in [-0.39, 0.29) is 52.0 Å². The molecule has 6 aliphatic carbocycles. The Hall–Kier alpha value is -2.24. The molecule has 0 aliphatic heterocycles. The summed E-state index contributed by atoms with van der Waals surface area (Å²) in [5.41, 5.74) is 1.60. The first-order chi connectivity index (χ1) is 23.5. The monoisotopic (exact) mass is 690 g/mol. The van der Waals surface area contributed by atoms with Crippen LogP contribution in [0, 0.1) is 62.6 Å². The van der Waals surface area contributed by atoms with Crippen LogP contribution in [0.5, 0.6) is 0 Å². The Labute approximate surface area is 302 Å². The number of ketones is 1. The van der Waals surface area contributed by atoms with Crippen molar-refractivity contribution in [2.75, 3.05) is 6.54 Å². The number of hydrogen-bond donors (Lipinski definition) is 1. The molecule has 0 aromatic carbocycles. The molecule has 50 heavy (non-hydrogen) atoms. The average molecular weight is 690 g/mol. The molecule has 1 amide bonds. The van der Waals surface area contributed by atoms with E-state index in [9.17, 15) is 19.2 Å². The molecule has 8 unspecified atom stereocenters. The van der Waals surface area contributed by atoms with Crippen LogP contribution in [0.15, 0.2) is 23.3 Å². The fraction of sp³-hybridized carbons (Fsp3) is 0.818. The summed E-state index contributed by atoms with van der Waals surface area (Å²) in [4.78, 5) is 51.6. The predicted molar refractivity (Wildman–Crippen MR) is 198 cm³/mol. The minimum absolute atomic E-state index is 0.00451. The van der Waals surface area contributed by atoms with Gasteiger partial charge in [-0.15, -0.1) is 0 Å². The Morgan fingerprint density at radius 1 is 0.900 bits per heavy atom. The highest BCUT2D eigenvalue weighted by atomic mass is 16.5. The van der Waals surface area contributed by atoms with Crippen molar-refractivity contribution in [2.24, 2.45) is 62.6 Å². The highest BCUT2D eigenvalue weighted by molar-refractivity contribution is 6.01. The van der Waals surface area contributed by atoms with Gasteiger partial charge in [-0.2, -0.15) is 0 Å². The van der Waals surface area contributed by atoms with Gasteiger partial charge in [0.25, 0.3) is 0 Å². The quantitative estimate of drug-likeness (QED) is 0.148. The molecule has 1 N–H and O–H groups in total. The van der Waals surface area contributed by atoms with Crippen LogP contribution in [-0.4, -0.2) is 36.6 Å². The third kappa shape index (κ3) is 6.50. The van der Waals surface area contributed by atoms with E-state index in [4.69, 9.17) is 4.74 Å². The van der Waals surface area contributed by atoms with Crippen LogP contribution >= 0.6 is 0 Å². The van der Waals surface area contributed by atoms with E-state index in [2.05, 4.69) is 52.9 Å². The second-order valence-electron chi connectivity index (χ2n) is 19.9. The van der Waals surface area contributed by atoms with E-state index in [1.807, 2.05) is 0 Å². The fourth-order valence-electron chi connectivity index (χ4n) is 13.3.